The van der Waals surface area contributed by atoms with Gasteiger partial charge in [0.2, 0.25) is 0 Å². The molecule has 4 heteroatoms. The number of hydrogen-bond acceptors (Lipinski definition) is 3. The van der Waals surface area contributed by atoms with Crippen LogP contribution in [0.2, 0.25) is 0 Å². The summed E-state index contributed by atoms with van der Waals surface area (Å²) in [6.45, 7) is 0. The van der Waals surface area contributed by atoms with Gasteiger partial charge in [0.05, 0.1) is 38.7 Å². The van der Waals surface area contributed by atoms with Gasteiger partial charge in [-0.1, -0.05) is 200 Å². The normalized spacial score (nSPS) is 14.0. The first kappa shape index (κ1) is 25.3. The molecule has 0 spiro atoms. The number of fused-ring (bicyclic) bond motifs is 3. The molecule has 4 nitrogen and oxygen atoms in total. The Morgan fingerprint density at radius 2 is 0.869 bits per heavy atom. The van der Waals surface area contributed by atoms with Crippen molar-refractivity contribution in [2.24, 2.45) is 0 Å². The van der Waals surface area contributed by atoms with Crippen molar-refractivity contribution in [2.45, 2.75) is 0 Å². The number of nitrogens with zero attached hydrogens (tertiary/aromatic N) is 4. The van der Waals surface area contributed by atoms with Crippen LogP contribution < -0.4 is 0 Å². The molecule has 2 aromatic heterocycles. The summed E-state index contributed by atoms with van der Waals surface area (Å²) in [6, 6.07) is 42.7. The van der Waals surface area contributed by atoms with E-state index in [0.717, 1.165) is 22.3 Å². The Kier molecular flexibility index (Phi) is 6.44. The van der Waals surface area contributed by atoms with Crippen LogP contribution in [-0.2, 0) is 0 Å². The molecule has 0 saturated carbocycles. The molecule has 61 heavy (non-hydrogen) atoms. The van der Waals surface area contributed by atoms with Gasteiger partial charge in [-0.25, -0.2) is 15.0 Å². The van der Waals surface area contributed by atoms with Crippen molar-refractivity contribution in [1.29, 1.82) is 0 Å². The van der Waals surface area contributed by atoms with E-state index in [2.05, 4.69) is 0 Å². The number of aromatic nitrogens is 4. The molecule has 11 aromatic rings. The van der Waals surface area contributed by atoms with Gasteiger partial charge in [0.25, 0.3) is 0 Å². The maximum absolute atomic E-state index is 9.83. The fraction of sp³-hybridized carbons (Fsp3) is 0. The average Bonchev–Trinajstić information content (AvgIpc) is 3.80. The van der Waals surface area contributed by atoms with E-state index >= 15 is 0 Å². The van der Waals surface area contributed by atoms with Gasteiger partial charge in [0.15, 0.2) is 17.5 Å². The van der Waals surface area contributed by atoms with Crippen LogP contribution in [0.1, 0.15) is 16.4 Å². The molecule has 0 aliphatic heterocycles. The third-order valence-corrected chi connectivity index (χ3v) is 10.6. The summed E-state index contributed by atoms with van der Waals surface area (Å²) in [7, 11) is 0. The Hall–Kier alpha value is -8.21. The molecule has 0 unspecified atom stereocenters. The van der Waals surface area contributed by atoms with Crippen LogP contribution >= 0.6 is 0 Å². The van der Waals surface area contributed by atoms with Crippen LogP contribution in [0, 0.1) is 0 Å². The number of rotatable bonds is 8. The summed E-state index contributed by atoms with van der Waals surface area (Å²) in [5.41, 5.74) is 5.85. The molecular weight excluding hydrogens is 741 g/mol. The van der Waals surface area contributed by atoms with Crippen LogP contribution in [-0.4, -0.2) is 19.5 Å². The van der Waals surface area contributed by atoms with E-state index in [1.54, 1.807) is 12.1 Å². The molecule has 0 radical (unpaired) electrons. The first-order valence-electron chi connectivity index (χ1n) is 25.6. The van der Waals surface area contributed by atoms with Crippen molar-refractivity contribution >= 4 is 21.8 Å². The van der Waals surface area contributed by atoms with Crippen LogP contribution in [0.25, 0.3) is 106 Å². The standard InChI is InChI=1S/C57H38N4/c1-5-17-39(18-6-1)42-31-33-44(34-32-42)56-58-55(43-23-11-4-12-24-43)59-57(60-56)54-48(47-26-15-25-45(37-47)40-19-7-2-8-20-40)28-16-30-53(54)61-51-29-14-13-27-49(51)50-38-46(35-36-52(50)61)41-21-9-3-10-22-41/h1-38H/i3D,9D,10D,13D,14D,21D,22D,27D,29D,35D,36D,38D. The SMILES string of the molecule is [2H]c1c([2H])c([2H])c(-c2c([2H])c([2H])c3c(c2[2H])c2c([2H])c([2H])c([2H])c([2H])c2n3-c2cccc(-c3cccc(-c4ccccc4)c3)c2-c2nc(-c3ccccc3)nc(-c3ccc(-c4ccccc4)cc3)n2)c([2H])c1[2H]. The van der Waals surface area contributed by atoms with Crippen molar-refractivity contribution in [3.63, 3.8) is 0 Å². The molecule has 9 aromatic carbocycles. The lowest BCUT2D eigenvalue weighted by Gasteiger charge is -2.19. The van der Waals surface area contributed by atoms with Crippen molar-refractivity contribution < 1.29 is 16.4 Å². The van der Waals surface area contributed by atoms with E-state index in [-0.39, 0.29) is 33.3 Å². The van der Waals surface area contributed by atoms with E-state index in [0.29, 0.717) is 39.5 Å². The topological polar surface area (TPSA) is 43.6 Å². The predicted molar refractivity (Wildman–Crippen MR) is 252 cm³/mol. The summed E-state index contributed by atoms with van der Waals surface area (Å²) in [5, 5.41) is -0.359. The van der Waals surface area contributed by atoms with E-state index in [9.17, 15) is 6.85 Å². The van der Waals surface area contributed by atoms with E-state index in [4.69, 9.17) is 24.5 Å². The zero-order valence-corrected chi connectivity index (χ0v) is 32.3. The second-order valence-corrected chi connectivity index (χ2v) is 14.3. The molecule has 0 aliphatic carbocycles. The summed E-state index contributed by atoms with van der Waals surface area (Å²) in [4.78, 5) is 15.4. The zero-order chi connectivity index (χ0) is 51.0. The van der Waals surface area contributed by atoms with Gasteiger partial charge in [-0.3, -0.25) is 0 Å². The van der Waals surface area contributed by atoms with Crippen molar-refractivity contribution in [1.82, 2.24) is 19.5 Å². The molecule has 0 saturated heterocycles. The van der Waals surface area contributed by atoms with E-state index < -0.39 is 83.6 Å². The van der Waals surface area contributed by atoms with Crippen LogP contribution in [0.3, 0.4) is 0 Å². The Balaban J connectivity index is 1.29. The predicted octanol–water partition coefficient (Wildman–Crippen LogP) is 14.6. The minimum atomic E-state index is -0.706. The highest BCUT2D eigenvalue weighted by Gasteiger charge is 2.23. The molecule has 0 bridgehead atoms. The first-order chi connectivity index (χ1) is 35.2. The fourth-order valence-electron chi connectivity index (χ4n) is 7.73. The smallest absolute Gasteiger partial charge is 0.166 e. The second-order valence-electron chi connectivity index (χ2n) is 14.3. The molecule has 0 aliphatic rings. The molecule has 2 heterocycles. The highest BCUT2D eigenvalue weighted by molar-refractivity contribution is 6.11. The first-order valence-corrected chi connectivity index (χ1v) is 19.6. The minimum Gasteiger partial charge on any atom is -0.308 e. The lowest BCUT2D eigenvalue weighted by Crippen LogP contribution is -2.05. The highest BCUT2D eigenvalue weighted by Crippen LogP contribution is 2.42. The van der Waals surface area contributed by atoms with E-state index in [1.165, 1.54) is 4.57 Å². The molecule has 0 amide bonds. The van der Waals surface area contributed by atoms with Crippen LogP contribution in [0.4, 0.5) is 0 Å². The largest absolute Gasteiger partial charge is 0.308 e. The Labute approximate surface area is 371 Å². The summed E-state index contributed by atoms with van der Waals surface area (Å²) in [6.07, 6.45) is 0. The average molecular weight is 791 g/mol. The molecular formula is C57H38N4. The number of benzene rings is 9. The lowest BCUT2D eigenvalue weighted by molar-refractivity contribution is 1.06. The molecule has 286 valence electrons. The maximum Gasteiger partial charge on any atom is 0.166 e. The Morgan fingerprint density at radius 3 is 1.59 bits per heavy atom. The maximum atomic E-state index is 9.83. The minimum absolute atomic E-state index is 0.133. The van der Waals surface area contributed by atoms with Gasteiger partial charge < -0.3 is 4.57 Å². The van der Waals surface area contributed by atoms with E-state index in [1.807, 2.05) is 146 Å². The zero-order valence-electron chi connectivity index (χ0n) is 44.3. The summed E-state index contributed by atoms with van der Waals surface area (Å²) >= 11 is 0. The molecule has 0 atom stereocenters. The highest BCUT2D eigenvalue weighted by atomic mass is 15.1. The quantitative estimate of drug-likeness (QED) is 0.154. The lowest BCUT2D eigenvalue weighted by atomic mass is 9.94. The fourth-order valence-corrected chi connectivity index (χ4v) is 7.73. The van der Waals surface area contributed by atoms with Gasteiger partial charge in [0.1, 0.15) is 0 Å². The summed E-state index contributed by atoms with van der Waals surface area (Å²) < 4.78 is 110. The third-order valence-electron chi connectivity index (χ3n) is 10.6. The Bertz CT molecular complexity index is 4010. The van der Waals surface area contributed by atoms with Crippen molar-refractivity contribution in [3.05, 3.63) is 230 Å². The Morgan fingerprint density at radius 1 is 0.344 bits per heavy atom. The van der Waals surface area contributed by atoms with Gasteiger partial charge >= 0.3 is 0 Å². The molecule has 11 rings (SSSR count). The van der Waals surface area contributed by atoms with Gasteiger partial charge in [-0.15, -0.1) is 0 Å². The van der Waals surface area contributed by atoms with Crippen LogP contribution in [0.5, 0.6) is 0 Å². The van der Waals surface area contributed by atoms with Gasteiger partial charge in [0, 0.05) is 21.9 Å². The van der Waals surface area contributed by atoms with Crippen molar-refractivity contribution in [2.75, 3.05) is 0 Å². The third kappa shape index (κ3) is 6.76. The second kappa shape index (κ2) is 15.5. The monoisotopic (exact) mass is 790 g/mol. The number of para-hydroxylation sites is 1. The number of hydrogen-bond donors (Lipinski definition) is 0. The molecule has 0 fully saturated rings. The van der Waals surface area contributed by atoms with Gasteiger partial charge in [-0.2, -0.15) is 0 Å². The van der Waals surface area contributed by atoms with Gasteiger partial charge in [-0.05, 0) is 74.8 Å². The van der Waals surface area contributed by atoms with Crippen molar-refractivity contribution in [3.8, 4) is 84.4 Å². The summed E-state index contributed by atoms with van der Waals surface area (Å²) in [5.74, 6) is 0.793. The van der Waals surface area contributed by atoms with Crippen LogP contribution in [0.15, 0.2) is 230 Å². The molecule has 0 N–H and O–H groups in total.